The molecule has 1 aliphatic rings. The van der Waals surface area contributed by atoms with Gasteiger partial charge in [-0.15, -0.1) is 30.2 Å². The van der Waals surface area contributed by atoms with Gasteiger partial charge in [0, 0.05) is 0 Å². The molecule has 0 amide bonds. The number of allylic oxidation sites excluding steroid dienone is 2. The summed E-state index contributed by atoms with van der Waals surface area (Å²) in [7, 11) is 0. The minimum absolute atomic E-state index is 0. The van der Waals surface area contributed by atoms with Crippen molar-refractivity contribution in [3.63, 3.8) is 0 Å². The molecule has 0 aromatic rings. The monoisotopic (exact) mass is 362 g/mol. The van der Waals surface area contributed by atoms with Crippen molar-refractivity contribution in [1.82, 2.24) is 0 Å². The Labute approximate surface area is 113 Å². The molecule has 12 heavy (non-hydrogen) atoms. The number of carbonyl (C=O) groups is 1. The fraction of sp³-hybridized carbons (Fsp3) is 0. The van der Waals surface area contributed by atoms with Gasteiger partial charge >= 0.3 is 57.2 Å². The van der Waals surface area contributed by atoms with Crippen LogP contribution in [0.25, 0.3) is 0 Å². The van der Waals surface area contributed by atoms with E-state index in [1.54, 1.807) is 0 Å². The first-order valence-corrected chi connectivity index (χ1v) is 2.48. The van der Waals surface area contributed by atoms with Crippen LogP contribution in [0.5, 0.6) is 0 Å². The van der Waals surface area contributed by atoms with Crippen molar-refractivity contribution >= 4 is 5.97 Å². The minimum atomic E-state index is -1.15. The van der Waals surface area contributed by atoms with Crippen LogP contribution in [0.2, 0.25) is 0 Å². The van der Waals surface area contributed by atoms with Gasteiger partial charge in [-0.2, -0.15) is 0 Å². The smallest absolute Gasteiger partial charge is 0.870 e. The standard InChI is InChI=1S/C7H5O2.Hg.Na.H2O/c8-7(9)6-4-2-1-3-5-6;;;/h2-5H,(H,8,9);;;1H2/q-1;+2;+1;/p-2. The Morgan fingerprint density at radius 3 is 2.42 bits per heavy atom. The minimum Gasteiger partial charge on any atom is -0.870 e. The maximum Gasteiger partial charge on any atom is 2.00 e. The van der Waals surface area contributed by atoms with E-state index in [1.807, 2.05) is 0 Å². The van der Waals surface area contributed by atoms with E-state index in [2.05, 4.69) is 5.73 Å². The maximum absolute atomic E-state index is 10.1. The molecular weight excluding hydrogens is 356 g/mol. The van der Waals surface area contributed by atoms with Crippen LogP contribution in [-0.2, 0) is 32.5 Å². The van der Waals surface area contributed by atoms with Crippen LogP contribution in [0.15, 0.2) is 29.5 Å². The Balaban J connectivity index is -0.000000270. The second kappa shape index (κ2) is 9.58. The predicted molar refractivity (Wildman–Crippen MR) is 32.0 cm³/mol. The molecule has 0 bridgehead atoms. The third kappa shape index (κ3) is 6.06. The average molecular weight is 361 g/mol. The normalized spacial score (nSPS) is 10.8. The Morgan fingerprint density at radius 1 is 1.58 bits per heavy atom. The van der Waals surface area contributed by atoms with E-state index >= 15 is 0 Å². The molecule has 1 aliphatic carbocycles. The van der Waals surface area contributed by atoms with Gasteiger partial charge in [0.05, 0.1) is 0 Å². The molecule has 0 heterocycles. The fourth-order valence-corrected chi connectivity index (χ4v) is 0.523. The molecule has 0 radical (unpaired) electrons. The van der Waals surface area contributed by atoms with Crippen LogP contribution in [0.1, 0.15) is 0 Å². The first-order chi connectivity index (χ1) is 4.30. The topological polar surface area (TPSA) is 70.1 Å². The third-order valence-corrected chi connectivity index (χ3v) is 0.954. The summed E-state index contributed by atoms with van der Waals surface area (Å²) in [6.45, 7) is 0. The van der Waals surface area contributed by atoms with Gasteiger partial charge in [0.2, 0.25) is 0 Å². The van der Waals surface area contributed by atoms with Gasteiger partial charge in [0.25, 0.3) is 0 Å². The van der Waals surface area contributed by atoms with E-state index in [4.69, 9.17) is 0 Å². The SMILES string of the molecule is O=C([O-])C1=CC=C=C[CH-]1.[Hg+2].[Na+].[OH-]. The summed E-state index contributed by atoms with van der Waals surface area (Å²) in [4.78, 5) is 10.1. The second-order valence-electron chi connectivity index (χ2n) is 1.58. The van der Waals surface area contributed by atoms with Gasteiger partial charge in [-0.05, 0) is 5.97 Å². The van der Waals surface area contributed by atoms with E-state index in [0.29, 0.717) is 0 Å². The number of carboxylic acid groups (broad SMARTS) is 1. The fourth-order valence-electron chi connectivity index (χ4n) is 0.523. The van der Waals surface area contributed by atoms with Crippen molar-refractivity contribution < 1.29 is 72.6 Å². The molecule has 1 N–H and O–H groups in total. The zero-order valence-corrected chi connectivity index (χ0v) is 14.3. The Kier molecular flexibility index (Phi) is 14.6. The molecule has 0 aliphatic heterocycles. The quantitative estimate of drug-likeness (QED) is 0.276. The van der Waals surface area contributed by atoms with E-state index < -0.39 is 5.97 Å². The number of carbonyl (C=O) groups excluding carboxylic acids is 1. The summed E-state index contributed by atoms with van der Waals surface area (Å²) >= 11 is 0. The first kappa shape index (κ1) is 18.3. The predicted octanol–water partition coefficient (Wildman–Crippen LogP) is -3.58. The van der Waals surface area contributed by atoms with Gasteiger partial charge in [-0.1, -0.05) is 0 Å². The van der Waals surface area contributed by atoms with Crippen molar-refractivity contribution in [3.05, 3.63) is 36.0 Å². The number of aliphatic carboxylic acids is 1. The molecule has 0 atom stereocenters. The van der Waals surface area contributed by atoms with Crippen LogP contribution in [0.4, 0.5) is 0 Å². The Morgan fingerprint density at radius 2 is 2.17 bits per heavy atom. The molecule has 0 saturated carbocycles. The van der Waals surface area contributed by atoms with Crippen LogP contribution in [0, 0.1) is 6.42 Å². The summed E-state index contributed by atoms with van der Waals surface area (Å²) in [6.07, 6.45) is 5.95. The van der Waals surface area contributed by atoms with E-state index in [1.165, 1.54) is 24.6 Å². The molecule has 1 rings (SSSR count). The molecule has 0 aromatic heterocycles. The largest absolute Gasteiger partial charge is 2.00 e. The van der Waals surface area contributed by atoms with E-state index in [9.17, 15) is 9.90 Å². The van der Waals surface area contributed by atoms with Crippen molar-refractivity contribution in [2.24, 2.45) is 0 Å². The Hall–Kier alpha value is 0.495. The molecule has 0 aromatic carbocycles. The molecule has 0 fully saturated rings. The van der Waals surface area contributed by atoms with Gasteiger partial charge in [0.15, 0.2) is 0 Å². The summed E-state index contributed by atoms with van der Waals surface area (Å²) < 4.78 is 0. The third-order valence-electron chi connectivity index (χ3n) is 0.954. The Bertz CT molecular complexity index is 229. The van der Waals surface area contributed by atoms with Crippen LogP contribution in [0.3, 0.4) is 0 Å². The maximum atomic E-state index is 10.1. The summed E-state index contributed by atoms with van der Waals surface area (Å²) in [5.74, 6) is -1.15. The average Bonchev–Trinajstić information content (AvgIpc) is 1.90. The summed E-state index contributed by atoms with van der Waals surface area (Å²) in [5, 5.41) is 10.1. The molecule has 0 saturated heterocycles. The van der Waals surface area contributed by atoms with Crippen molar-refractivity contribution in [2.75, 3.05) is 0 Å². The zero-order valence-electron chi connectivity index (χ0n) is 6.78. The molecule has 3 nitrogen and oxygen atoms in total. The van der Waals surface area contributed by atoms with Gasteiger partial charge in [-0.25, -0.2) is 5.73 Å². The van der Waals surface area contributed by atoms with Crippen LogP contribution < -0.4 is 34.7 Å². The zero-order chi connectivity index (χ0) is 6.69. The van der Waals surface area contributed by atoms with Crippen molar-refractivity contribution in [3.8, 4) is 0 Å². The molecule has 0 spiro atoms. The van der Waals surface area contributed by atoms with Crippen molar-refractivity contribution in [2.45, 2.75) is 0 Å². The molecule has 5 heteroatoms. The van der Waals surface area contributed by atoms with Gasteiger partial charge in [-0.3, -0.25) is 0 Å². The number of hydrogen-bond donors (Lipinski definition) is 0. The number of rotatable bonds is 1. The van der Waals surface area contributed by atoms with Gasteiger partial charge in [0.1, 0.15) is 0 Å². The van der Waals surface area contributed by atoms with Crippen molar-refractivity contribution in [1.29, 1.82) is 0 Å². The second-order valence-corrected chi connectivity index (χ2v) is 1.58. The number of hydrogen-bond acceptors (Lipinski definition) is 3. The van der Waals surface area contributed by atoms with Crippen LogP contribution in [-0.4, -0.2) is 11.4 Å². The van der Waals surface area contributed by atoms with E-state index in [0.717, 1.165) is 0 Å². The molecule has 0 unspecified atom stereocenters. The van der Waals surface area contributed by atoms with E-state index in [-0.39, 0.29) is 68.3 Å². The van der Waals surface area contributed by atoms with Crippen LogP contribution >= 0.6 is 0 Å². The first-order valence-electron chi connectivity index (χ1n) is 2.48. The molecule has 54 valence electrons. The summed E-state index contributed by atoms with van der Waals surface area (Å²) in [6, 6.07) is 0. The number of carboxylic acids is 1. The summed E-state index contributed by atoms with van der Waals surface area (Å²) in [5.41, 5.74) is 2.89. The molecular formula is C7H5HgNaO3. The van der Waals surface area contributed by atoms with Gasteiger partial charge < -0.3 is 15.4 Å².